The van der Waals surface area contributed by atoms with Gasteiger partial charge < -0.3 is 10.1 Å². The average Bonchev–Trinajstić information content (AvgIpc) is 2.82. The molecule has 4 aromatic rings. The maximum atomic E-state index is 12.8. The SMILES string of the molecule is O=C(COC(=O)c1cc(-c2ccccc2)nc2ccccc12)Nc1cccc(C(F)(F)F)c1. The fourth-order valence-electron chi connectivity index (χ4n) is 3.28. The smallest absolute Gasteiger partial charge is 0.416 e. The molecule has 3 aromatic carbocycles. The van der Waals surface area contributed by atoms with Crippen molar-refractivity contribution in [3.05, 3.63) is 96.1 Å². The van der Waals surface area contributed by atoms with E-state index in [4.69, 9.17) is 4.74 Å². The van der Waals surface area contributed by atoms with Gasteiger partial charge in [-0.1, -0.05) is 54.6 Å². The van der Waals surface area contributed by atoms with Gasteiger partial charge in [0.1, 0.15) is 0 Å². The Balaban J connectivity index is 1.52. The first-order valence-electron chi connectivity index (χ1n) is 9.91. The van der Waals surface area contributed by atoms with Crippen LogP contribution in [-0.4, -0.2) is 23.5 Å². The molecule has 0 bridgehead atoms. The van der Waals surface area contributed by atoms with E-state index in [0.717, 1.165) is 17.7 Å². The summed E-state index contributed by atoms with van der Waals surface area (Å²) in [7, 11) is 0. The molecule has 0 saturated heterocycles. The number of pyridine rings is 1. The van der Waals surface area contributed by atoms with Crippen LogP contribution in [0.2, 0.25) is 0 Å². The molecule has 166 valence electrons. The minimum Gasteiger partial charge on any atom is -0.452 e. The molecule has 0 aliphatic rings. The minimum atomic E-state index is -4.54. The highest BCUT2D eigenvalue weighted by atomic mass is 19.4. The highest BCUT2D eigenvalue weighted by Crippen LogP contribution is 2.30. The molecule has 8 heteroatoms. The summed E-state index contributed by atoms with van der Waals surface area (Å²) in [4.78, 5) is 29.6. The van der Waals surface area contributed by atoms with Gasteiger partial charge in [-0.25, -0.2) is 9.78 Å². The molecule has 1 N–H and O–H groups in total. The number of rotatable bonds is 5. The highest BCUT2D eigenvalue weighted by molar-refractivity contribution is 6.05. The lowest BCUT2D eigenvalue weighted by atomic mass is 10.0. The summed E-state index contributed by atoms with van der Waals surface area (Å²) in [5.41, 5.74) is 1.24. The number of benzene rings is 3. The third kappa shape index (κ3) is 5.17. The Morgan fingerprint density at radius 2 is 1.61 bits per heavy atom. The van der Waals surface area contributed by atoms with Gasteiger partial charge in [0.2, 0.25) is 0 Å². The molecule has 1 amide bonds. The van der Waals surface area contributed by atoms with Crippen LogP contribution in [0.15, 0.2) is 84.9 Å². The van der Waals surface area contributed by atoms with Crippen LogP contribution in [0.3, 0.4) is 0 Å². The summed E-state index contributed by atoms with van der Waals surface area (Å²) < 4.78 is 43.7. The van der Waals surface area contributed by atoms with E-state index in [0.29, 0.717) is 16.6 Å². The Morgan fingerprint density at radius 1 is 0.879 bits per heavy atom. The first-order valence-corrected chi connectivity index (χ1v) is 9.91. The van der Waals surface area contributed by atoms with Gasteiger partial charge in [0.05, 0.1) is 22.3 Å². The number of para-hydroxylation sites is 1. The van der Waals surface area contributed by atoms with Gasteiger partial charge in [-0.3, -0.25) is 4.79 Å². The van der Waals surface area contributed by atoms with Crippen LogP contribution in [-0.2, 0) is 15.7 Å². The van der Waals surface area contributed by atoms with Crippen LogP contribution in [0.5, 0.6) is 0 Å². The zero-order valence-corrected chi connectivity index (χ0v) is 17.1. The number of fused-ring (bicyclic) bond motifs is 1. The number of nitrogens with one attached hydrogen (secondary N) is 1. The van der Waals surface area contributed by atoms with Crippen molar-refractivity contribution in [3.63, 3.8) is 0 Å². The molecule has 1 heterocycles. The summed E-state index contributed by atoms with van der Waals surface area (Å²) in [5, 5.41) is 2.86. The van der Waals surface area contributed by atoms with Crippen LogP contribution < -0.4 is 5.32 Å². The molecule has 0 unspecified atom stereocenters. The summed E-state index contributed by atoms with van der Waals surface area (Å²) in [6.07, 6.45) is -4.54. The quantitative estimate of drug-likeness (QED) is 0.395. The number of ether oxygens (including phenoxy) is 1. The van der Waals surface area contributed by atoms with Crippen LogP contribution >= 0.6 is 0 Å². The topological polar surface area (TPSA) is 68.3 Å². The normalized spacial score (nSPS) is 11.2. The van der Waals surface area contributed by atoms with Crippen LogP contribution in [0.1, 0.15) is 15.9 Å². The maximum absolute atomic E-state index is 12.8. The van der Waals surface area contributed by atoms with Crippen LogP contribution in [0.4, 0.5) is 18.9 Å². The number of hydrogen-bond acceptors (Lipinski definition) is 4. The van der Waals surface area contributed by atoms with Gasteiger partial charge in [-0.2, -0.15) is 13.2 Å². The van der Waals surface area contributed by atoms with E-state index < -0.39 is 30.2 Å². The lowest BCUT2D eigenvalue weighted by Crippen LogP contribution is -2.21. The molecule has 0 saturated carbocycles. The lowest BCUT2D eigenvalue weighted by Gasteiger charge is -2.11. The molecule has 0 radical (unpaired) electrons. The molecule has 0 fully saturated rings. The monoisotopic (exact) mass is 450 g/mol. The Hall–Kier alpha value is -4.20. The number of nitrogens with zero attached hydrogens (tertiary/aromatic N) is 1. The van der Waals surface area contributed by atoms with E-state index in [1.807, 2.05) is 30.3 Å². The van der Waals surface area contributed by atoms with E-state index >= 15 is 0 Å². The number of carbonyl (C=O) groups excluding carboxylic acids is 2. The third-order valence-electron chi connectivity index (χ3n) is 4.81. The second kappa shape index (κ2) is 9.12. The third-order valence-corrected chi connectivity index (χ3v) is 4.81. The van der Waals surface area contributed by atoms with Crippen molar-refractivity contribution < 1.29 is 27.5 Å². The molecule has 5 nitrogen and oxygen atoms in total. The number of hydrogen-bond donors (Lipinski definition) is 1. The number of halogens is 3. The largest absolute Gasteiger partial charge is 0.452 e. The van der Waals surface area contributed by atoms with Crippen molar-refractivity contribution in [2.75, 3.05) is 11.9 Å². The van der Waals surface area contributed by atoms with Gasteiger partial charge >= 0.3 is 12.1 Å². The van der Waals surface area contributed by atoms with Crippen molar-refractivity contribution >= 4 is 28.5 Å². The fraction of sp³-hybridized carbons (Fsp3) is 0.0800. The standard InChI is InChI=1S/C25H17F3N2O3/c26-25(27,28)17-9-6-10-18(13-17)29-23(31)15-33-24(32)20-14-22(16-7-2-1-3-8-16)30-21-12-5-4-11-19(20)21/h1-14H,15H2,(H,29,31). The summed E-state index contributed by atoms with van der Waals surface area (Å²) in [6, 6.07) is 22.1. The first-order chi connectivity index (χ1) is 15.8. The van der Waals surface area contributed by atoms with Gasteiger partial charge in [0, 0.05) is 16.6 Å². The van der Waals surface area contributed by atoms with Crippen LogP contribution in [0.25, 0.3) is 22.2 Å². The molecule has 1 aromatic heterocycles. The van der Waals surface area contributed by atoms with Gasteiger partial charge in [0.15, 0.2) is 6.61 Å². The van der Waals surface area contributed by atoms with E-state index in [2.05, 4.69) is 10.3 Å². The van der Waals surface area contributed by atoms with Crippen molar-refractivity contribution in [1.82, 2.24) is 4.98 Å². The van der Waals surface area contributed by atoms with Crippen molar-refractivity contribution in [2.24, 2.45) is 0 Å². The molecule has 4 rings (SSSR count). The number of anilines is 1. The highest BCUT2D eigenvalue weighted by Gasteiger charge is 2.30. The molecule has 0 spiro atoms. The van der Waals surface area contributed by atoms with E-state index in [1.54, 1.807) is 30.3 Å². The summed E-state index contributed by atoms with van der Waals surface area (Å²) >= 11 is 0. The van der Waals surface area contributed by atoms with Crippen molar-refractivity contribution in [1.29, 1.82) is 0 Å². The van der Waals surface area contributed by atoms with Crippen molar-refractivity contribution in [2.45, 2.75) is 6.18 Å². The molecule has 0 aliphatic carbocycles. The average molecular weight is 450 g/mol. The minimum absolute atomic E-state index is 0.0494. The second-order valence-corrected chi connectivity index (χ2v) is 7.14. The Morgan fingerprint density at radius 3 is 2.36 bits per heavy atom. The van der Waals surface area contributed by atoms with Crippen LogP contribution in [0, 0.1) is 0 Å². The number of amides is 1. The van der Waals surface area contributed by atoms with Gasteiger partial charge in [0.25, 0.3) is 5.91 Å². The first kappa shape index (κ1) is 22.0. The molecule has 33 heavy (non-hydrogen) atoms. The van der Waals surface area contributed by atoms with E-state index in [1.165, 1.54) is 12.1 Å². The second-order valence-electron chi connectivity index (χ2n) is 7.14. The Bertz CT molecular complexity index is 1320. The fourth-order valence-corrected chi connectivity index (χ4v) is 3.28. The van der Waals surface area contributed by atoms with Gasteiger partial charge in [-0.15, -0.1) is 0 Å². The number of esters is 1. The Kier molecular flexibility index (Phi) is 6.08. The number of aromatic nitrogens is 1. The lowest BCUT2D eigenvalue weighted by molar-refractivity contribution is -0.137. The zero-order chi connectivity index (χ0) is 23.4. The van der Waals surface area contributed by atoms with Gasteiger partial charge in [-0.05, 0) is 30.3 Å². The molecule has 0 aliphatic heterocycles. The molecule has 0 atom stereocenters. The predicted molar refractivity (Wildman–Crippen MR) is 118 cm³/mol. The maximum Gasteiger partial charge on any atom is 0.416 e. The Labute approximate surface area is 186 Å². The van der Waals surface area contributed by atoms with E-state index in [-0.39, 0.29) is 11.3 Å². The molecular weight excluding hydrogens is 433 g/mol. The summed E-state index contributed by atoms with van der Waals surface area (Å²) in [6.45, 7) is -0.660. The molecular formula is C25H17F3N2O3. The summed E-state index contributed by atoms with van der Waals surface area (Å²) in [5.74, 6) is -1.51. The predicted octanol–water partition coefficient (Wildman–Crippen LogP) is 5.72. The number of alkyl halides is 3. The van der Waals surface area contributed by atoms with E-state index in [9.17, 15) is 22.8 Å². The number of carbonyl (C=O) groups is 2. The zero-order valence-electron chi connectivity index (χ0n) is 17.1. The van der Waals surface area contributed by atoms with Crippen molar-refractivity contribution in [3.8, 4) is 11.3 Å².